The smallest absolute Gasteiger partial charge is 0.344 e. The fraction of sp³-hybridized carbons (Fsp3) is 0.304. The van der Waals surface area contributed by atoms with E-state index in [1.807, 2.05) is 6.92 Å². The molecule has 0 heterocycles. The summed E-state index contributed by atoms with van der Waals surface area (Å²) in [7, 11) is 0. The number of amides is 2. The zero-order valence-electron chi connectivity index (χ0n) is 18.7. The van der Waals surface area contributed by atoms with E-state index in [0.29, 0.717) is 34.3 Å². The molecule has 0 aromatic heterocycles. The lowest BCUT2D eigenvalue weighted by atomic mass is 10.2. The van der Waals surface area contributed by atoms with Crippen molar-refractivity contribution in [3.05, 3.63) is 57.6 Å². The lowest BCUT2D eigenvalue weighted by molar-refractivity contribution is -0.145. The average Bonchev–Trinajstić information content (AvgIpc) is 2.80. The molecule has 0 unspecified atom stereocenters. The summed E-state index contributed by atoms with van der Waals surface area (Å²) in [4.78, 5) is 35.6. The number of hydrogen-bond donors (Lipinski definition) is 2. The largest absolute Gasteiger partial charge is 0.490 e. The van der Waals surface area contributed by atoms with E-state index in [-0.39, 0.29) is 43.0 Å². The van der Waals surface area contributed by atoms with Crippen LogP contribution in [0, 0.1) is 0 Å². The molecule has 0 aliphatic heterocycles. The molecule has 2 N–H and O–H groups in total. The first kappa shape index (κ1) is 26.9. The molecule has 0 saturated heterocycles. The predicted molar refractivity (Wildman–Crippen MR) is 129 cm³/mol. The molecule has 11 heteroatoms. The number of carbonyl (C=O) groups is 3. The first-order valence-electron chi connectivity index (χ1n) is 10.4. The van der Waals surface area contributed by atoms with E-state index in [4.69, 9.17) is 37.4 Å². The maximum absolute atomic E-state index is 12.1. The van der Waals surface area contributed by atoms with Crippen LogP contribution < -0.4 is 20.2 Å². The minimum absolute atomic E-state index is 0.0231. The highest BCUT2D eigenvalue weighted by Crippen LogP contribution is 2.28. The number of esters is 1. The number of carbonyl (C=O) groups excluding carboxylic acids is 3. The Labute approximate surface area is 207 Å². The number of hydrazone groups is 1. The van der Waals surface area contributed by atoms with Gasteiger partial charge in [0, 0.05) is 18.5 Å². The molecule has 0 saturated carbocycles. The fourth-order valence-electron chi connectivity index (χ4n) is 2.60. The third-order valence-electron chi connectivity index (χ3n) is 4.14. The number of nitrogens with one attached hydrogen (secondary N) is 2. The van der Waals surface area contributed by atoms with Gasteiger partial charge in [0.25, 0.3) is 5.91 Å². The number of rotatable bonds is 12. The van der Waals surface area contributed by atoms with Gasteiger partial charge in [-0.15, -0.1) is 0 Å². The van der Waals surface area contributed by atoms with Gasteiger partial charge in [0.1, 0.15) is 0 Å². The molecule has 2 aromatic rings. The summed E-state index contributed by atoms with van der Waals surface area (Å²) >= 11 is 11.7. The van der Waals surface area contributed by atoms with Crippen LogP contribution in [0.5, 0.6) is 11.5 Å². The van der Waals surface area contributed by atoms with Crippen molar-refractivity contribution in [3.8, 4) is 11.5 Å². The minimum atomic E-state index is -0.480. The van der Waals surface area contributed by atoms with Crippen LogP contribution >= 0.6 is 23.2 Å². The van der Waals surface area contributed by atoms with Gasteiger partial charge < -0.3 is 19.5 Å². The van der Waals surface area contributed by atoms with Gasteiger partial charge in [0.15, 0.2) is 18.1 Å². The van der Waals surface area contributed by atoms with E-state index in [1.165, 1.54) is 24.4 Å². The van der Waals surface area contributed by atoms with E-state index in [0.717, 1.165) is 0 Å². The van der Waals surface area contributed by atoms with Gasteiger partial charge >= 0.3 is 5.97 Å². The Morgan fingerprint density at radius 1 is 0.971 bits per heavy atom. The molecule has 9 nitrogen and oxygen atoms in total. The van der Waals surface area contributed by atoms with Crippen LogP contribution in [-0.2, 0) is 14.3 Å². The number of halogens is 2. The van der Waals surface area contributed by atoms with Crippen molar-refractivity contribution in [2.24, 2.45) is 5.10 Å². The summed E-state index contributed by atoms with van der Waals surface area (Å²) < 4.78 is 15.8. The second-order valence-electron chi connectivity index (χ2n) is 6.66. The van der Waals surface area contributed by atoms with Crippen molar-refractivity contribution in [2.75, 3.05) is 26.4 Å². The Bertz CT molecular complexity index is 1050. The van der Waals surface area contributed by atoms with Crippen molar-refractivity contribution >= 4 is 47.2 Å². The van der Waals surface area contributed by atoms with E-state index < -0.39 is 5.97 Å². The van der Waals surface area contributed by atoms with E-state index in [9.17, 15) is 14.4 Å². The molecule has 0 atom stereocenters. The van der Waals surface area contributed by atoms with Gasteiger partial charge in [-0.05, 0) is 55.8 Å². The van der Waals surface area contributed by atoms with Gasteiger partial charge in [-0.3, -0.25) is 9.59 Å². The van der Waals surface area contributed by atoms with E-state index in [2.05, 4.69) is 15.8 Å². The quantitative estimate of drug-likeness (QED) is 0.256. The Morgan fingerprint density at radius 3 is 2.47 bits per heavy atom. The van der Waals surface area contributed by atoms with Gasteiger partial charge in [0.2, 0.25) is 5.91 Å². The second-order valence-corrected chi connectivity index (χ2v) is 7.48. The van der Waals surface area contributed by atoms with Crippen molar-refractivity contribution < 1.29 is 28.6 Å². The van der Waals surface area contributed by atoms with Crippen molar-refractivity contribution in [1.29, 1.82) is 0 Å². The Morgan fingerprint density at radius 2 is 1.76 bits per heavy atom. The van der Waals surface area contributed by atoms with Gasteiger partial charge in [-0.1, -0.05) is 23.2 Å². The molecule has 0 bridgehead atoms. The molecule has 2 aromatic carbocycles. The zero-order chi connectivity index (χ0) is 24.9. The molecule has 2 amide bonds. The van der Waals surface area contributed by atoms with Crippen LogP contribution in [-0.4, -0.2) is 50.4 Å². The summed E-state index contributed by atoms with van der Waals surface area (Å²) in [5, 5.41) is 7.15. The summed E-state index contributed by atoms with van der Waals surface area (Å²) in [6, 6.07) is 9.50. The topological polar surface area (TPSA) is 115 Å². The molecule has 2 rings (SSSR count). The van der Waals surface area contributed by atoms with Crippen molar-refractivity contribution in [1.82, 2.24) is 10.7 Å². The standard InChI is InChI=1S/C23H25Cl2N3O6/c1-3-32-20-11-15(5-8-19(20)34-14-22(30)33-4-2)13-27-28-21(29)9-10-26-23(31)16-6-7-17(24)18(25)12-16/h5-8,11-13H,3-4,9-10,14H2,1-2H3,(H,26,31)(H,28,29). The minimum Gasteiger partial charge on any atom is -0.490 e. The van der Waals surface area contributed by atoms with E-state index >= 15 is 0 Å². The molecule has 0 fully saturated rings. The monoisotopic (exact) mass is 509 g/mol. The van der Waals surface area contributed by atoms with Crippen LogP contribution in [0.4, 0.5) is 0 Å². The van der Waals surface area contributed by atoms with Gasteiger partial charge in [0.05, 0.1) is 29.5 Å². The highest BCUT2D eigenvalue weighted by Gasteiger charge is 2.10. The van der Waals surface area contributed by atoms with Crippen LogP contribution in [0.15, 0.2) is 41.5 Å². The summed E-state index contributed by atoms with van der Waals surface area (Å²) in [5.74, 6) is -0.430. The third kappa shape index (κ3) is 8.92. The first-order chi connectivity index (χ1) is 16.3. The highest BCUT2D eigenvalue weighted by molar-refractivity contribution is 6.42. The lowest BCUT2D eigenvalue weighted by Crippen LogP contribution is -2.29. The first-order valence-corrected chi connectivity index (χ1v) is 11.2. The van der Waals surface area contributed by atoms with Crippen LogP contribution in [0.2, 0.25) is 10.0 Å². The van der Waals surface area contributed by atoms with Gasteiger partial charge in [-0.25, -0.2) is 10.2 Å². The van der Waals surface area contributed by atoms with Crippen LogP contribution in [0.3, 0.4) is 0 Å². The number of ether oxygens (including phenoxy) is 3. The number of benzene rings is 2. The molecule has 0 aliphatic rings. The van der Waals surface area contributed by atoms with Gasteiger partial charge in [-0.2, -0.15) is 5.10 Å². The fourth-order valence-corrected chi connectivity index (χ4v) is 2.89. The maximum atomic E-state index is 12.1. The summed E-state index contributed by atoms with van der Waals surface area (Å²) in [5.41, 5.74) is 3.37. The average molecular weight is 510 g/mol. The second kappa shape index (κ2) is 14.1. The molecule has 0 radical (unpaired) electrons. The summed E-state index contributed by atoms with van der Waals surface area (Å²) in [6.07, 6.45) is 1.46. The maximum Gasteiger partial charge on any atom is 0.344 e. The molecular formula is C23H25Cl2N3O6. The number of hydrogen-bond acceptors (Lipinski definition) is 7. The Kier molecular flexibility index (Phi) is 11.2. The lowest BCUT2D eigenvalue weighted by Gasteiger charge is -2.12. The normalized spacial score (nSPS) is 10.6. The predicted octanol–water partition coefficient (Wildman–Crippen LogP) is 3.60. The molecular weight excluding hydrogens is 485 g/mol. The Balaban J connectivity index is 1.83. The van der Waals surface area contributed by atoms with E-state index in [1.54, 1.807) is 25.1 Å². The van der Waals surface area contributed by atoms with Crippen LogP contribution in [0.25, 0.3) is 0 Å². The van der Waals surface area contributed by atoms with Crippen LogP contribution in [0.1, 0.15) is 36.2 Å². The molecule has 182 valence electrons. The Hall–Kier alpha value is -3.30. The molecule has 0 spiro atoms. The SMILES string of the molecule is CCOC(=O)COc1ccc(C=NNC(=O)CCNC(=O)c2ccc(Cl)c(Cl)c2)cc1OCC. The third-order valence-corrected chi connectivity index (χ3v) is 4.88. The summed E-state index contributed by atoms with van der Waals surface area (Å²) in [6.45, 7) is 4.06. The zero-order valence-corrected chi connectivity index (χ0v) is 20.2. The molecule has 0 aliphatic carbocycles. The van der Waals surface area contributed by atoms with Crippen molar-refractivity contribution in [3.63, 3.8) is 0 Å². The molecule has 34 heavy (non-hydrogen) atoms. The van der Waals surface area contributed by atoms with Crippen molar-refractivity contribution in [2.45, 2.75) is 20.3 Å². The highest BCUT2D eigenvalue weighted by atomic mass is 35.5. The number of nitrogens with zero attached hydrogens (tertiary/aromatic N) is 1.